The van der Waals surface area contributed by atoms with Gasteiger partial charge < -0.3 is 14.4 Å². The van der Waals surface area contributed by atoms with Crippen molar-refractivity contribution < 1.29 is 23.9 Å². The van der Waals surface area contributed by atoms with Crippen molar-refractivity contribution in [1.82, 2.24) is 4.98 Å². The van der Waals surface area contributed by atoms with Crippen molar-refractivity contribution in [3.05, 3.63) is 59.0 Å². The predicted molar refractivity (Wildman–Crippen MR) is 130 cm³/mol. The molecule has 0 bridgehead atoms. The summed E-state index contributed by atoms with van der Waals surface area (Å²) in [5.41, 5.74) is 4.49. The van der Waals surface area contributed by atoms with Crippen LogP contribution in [-0.2, 0) is 19.1 Å². The Balaban J connectivity index is 1.29. The molecular formula is C25H25N3O5S. The number of hydrogen-bond acceptors (Lipinski definition) is 7. The average Bonchev–Trinajstić information content (AvgIpc) is 3.46. The molecule has 176 valence electrons. The lowest BCUT2D eigenvalue weighted by atomic mass is 10.1. The molecule has 0 spiro atoms. The number of nitrogens with zero attached hydrogens (tertiary/aromatic N) is 2. The van der Waals surface area contributed by atoms with Crippen LogP contribution in [0.15, 0.2) is 47.8 Å². The van der Waals surface area contributed by atoms with Gasteiger partial charge >= 0.3 is 5.97 Å². The number of esters is 1. The molecule has 1 aliphatic heterocycles. The van der Waals surface area contributed by atoms with Gasteiger partial charge in [0, 0.05) is 29.6 Å². The van der Waals surface area contributed by atoms with Crippen LogP contribution in [0.2, 0.25) is 0 Å². The fourth-order valence-corrected chi connectivity index (χ4v) is 4.50. The van der Waals surface area contributed by atoms with Gasteiger partial charge in [-0.05, 0) is 55.3 Å². The van der Waals surface area contributed by atoms with E-state index in [1.54, 1.807) is 12.0 Å². The van der Waals surface area contributed by atoms with Crippen molar-refractivity contribution in [3.63, 3.8) is 0 Å². The summed E-state index contributed by atoms with van der Waals surface area (Å²) in [4.78, 5) is 43.3. The highest BCUT2D eigenvalue weighted by atomic mass is 32.1. The molecule has 3 aromatic rings. The number of aryl methyl sites for hydroxylation is 1. The number of methoxy groups -OCH3 is 1. The Bertz CT molecular complexity index is 1220. The summed E-state index contributed by atoms with van der Waals surface area (Å²) in [5, 5.41) is 4.88. The van der Waals surface area contributed by atoms with Crippen LogP contribution in [-0.4, -0.2) is 43.0 Å². The number of carbonyl (C=O) groups is 3. The van der Waals surface area contributed by atoms with Gasteiger partial charge in [-0.25, -0.2) is 4.98 Å². The van der Waals surface area contributed by atoms with E-state index in [0.29, 0.717) is 5.13 Å². The Morgan fingerprint density at radius 2 is 1.94 bits per heavy atom. The molecule has 1 aromatic heterocycles. The molecule has 1 atom stereocenters. The first-order valence-corrected chi connectivity index (χ1v) is 11.7. The van der Waals surface area contributed by atoms with E-state index in [9.17, 15) is 14.4 Å². The van der Waals surface area contributed by atoms with Gasteiger partial charge in [-0.1, -0.05) is 12.1 Å². The number of hydrogen-bond donors (Lipinski definition) is 1. The van der Waals surface area contributed by atoms with Crippen LogP contribution in [0, 0.1) is 19.8 Å². The molecule has 4 rings (SSSR count). The number of amides is 2. The van der Waals surface area contributed by atoms with E-state index >= 15 is 0 Å². The lowest BCUT2D eigenvalue weighted by Crippen LogP contribution is -2.28. The van der Waals surface area contributed by atoms with E-state index in [0.717, 1.165) is 33.8 Å². The maximum atomic E-state index is 12.5. The SMILES string of the molecule is COc1ccc(-c2csc(NC(=O)COC(=O)[C@@H]3CC(=O)N(c4cccc(C)c4C)C3)n2)cc1. The fourth-order valence-electron chi connectivity index (χ4n) is 3.76. The third-order valence-corrected chi connectivity index (χ3v) is 6.56. The second-order valence-electron chi connectivity index (χ2n) is 8.05. The summed E-state index contributed by atoms with van der Waals surface area (Å²) in [6.07, 6.45) is 0.0610. The second kappa shape index (κ2) is 10.0. The van der Waals surface area contributed by atoms with Crippen LogP contribution >= 0.6 is 11.3 Å². The molecule has 0 saturated carbocycles. The number of rotatable bonds is 7. The number of ether oxygens (including phenoxy) is 2. The third kappa shape index (κ3) is 5.09. The molecule has 2 aromatic carbocycles. The van der Waals surface area contributed by atoms with Crippen LogP contribution in [0.4, 0.5) is 10.8 Å². The highest BCUT2D eigenvalue weighted by molar-refractivity contribution is 7.14. The monoisotopic (exact) mass is 479 g/mol. The predicted octanol–water partition coefficient (Wildman–Crippen LogP) is 3.97. The minimum absolute atomic E-state index is 0.0610. The Labute approximate surface area is 201 Å². The van der Waals surface area contributed by atoms with E-state index in [1.807, 2.05) is 61.7 Å². The van der Waals surface area contributed by atoms with Gasteiger partial charge in [0.25, 0.3) is 5.91 Å². The van der Waals surface area contributed by atoms with Crippen LogP contribution < -0.4 is 15.0 Å². The summed E-state index contributed by atoms with van der Waals surface area (Å²) in [7, 11) is 1.60. The van der Waals surface area contributed by atoms with Crippen molar-refractivity contribution in [2.45, 2.75) is 20.3 Å². The van der Waals surface area contributed by atoms with E-state index in [4.69, 9.17) is 9.47 Å². The molecule has 1 aliphatic rings. The van der Waals surface area contributed by atoms with Gasteiger partial charge in [-0.15, -0.1) is 11.3 Å². The Hall–Kier alpha value is -3.72. The van der Waals surface area contributed by atoms with Crippen molar-refractivity contribution >= 4 is 39.9 Å². The van der Waals surface area contributed by atoms with Gasteiger partial charge in [-0.2, -0.15) is 0 Å². The summed E-state index contributed by atoms with van der Waals surface area (Å²) < 4.78 is 10.3. The molecular weight excluding hydrogens is 454 g/mol. The molecule has 1 N–H and O–H groups in total. The molecule has 2 heterocycles. The number of anilines is 2. The molecule has 2 amide bonds. The summed E-state index contributed by atoms with van der Waals surface area (Å²) in [6, 6.07) is 13.2. The summed E-state index contributed by atoms with van der Waals surface area (Å²) >= 11 is 1.28. The molecule has 9 heteroatoms. The maximum absolute atomic E-state index is 12.5. The van der Waals surface area contributed by atoms with Crippen molar-refractivity contribution in [1.29, 1.82) is 0 Å². The summed E-state index contributed by atoms with van der Waals surface area (Å²) in [5.74, 6) is -1.04. The zero-order chi connectivity index (χ0) is 24.2. The largest absolute Gasteiger partial charge is 0.497 e. The quantitative estimate of drug-likeness (QED) is 0.515. The molecule has 1 fully saturated rings. The van der Waals surface area contributed by atoms with Crippen molar-refractivity contribution in [2.75, 3.05) is 30.5 Å². The number of thiazole rings is 1. The van der Waals surface area contributed by atoms with Gasteiger partial charge in [0.05, 0.1) is 18.7 Å². The normalized spacial score (nSPS) is 15.3. The van der Waals surface area contributed by atoms with Crippen LogP contribution in [0.25, 0.3) is 11.3 Å². The number of aromatic nitrogens is 1. The number of benzene rings is 2. The number of carbonyl (C=O) groups excluding carboxylic acids is 3. The highest BCUT2D eigenvalue weighted by Crippen LogP contribution is 2.30. The Morgan fingerprint density at radius 3 is 2.68 bits per heavy atom. The van der Waals surface area contributed by atoms with Gasteiger partial charge in [0.1, 0.15) is 5.75 Å². The average molecular weight is 480 g/mol. The second-order valence-corrected chi connectivity index (χ2v) is 8.90. The van der Waals surface area contributed by atoms with E-state index in [1.165, 1.54) is 11.3 Å². The summed E-state index contributed by atoms with van der Waals surface area (Å²) in [6.45, 7) is 3.73. The molecule has 0 aliphatic carbocycles. The molecule has 34 heavy (non-hydrogen) atoms. The number of nitrogens with one attached hydrogen (secondary N) is 1. The molecule has 1 saturated heterocycles. The molecule has 8 nitrogen and oxygen atoms in total. The van der Waals surface area contributed by atoms with Gasteiger partial charge in [0.2, 0.25) is 5.91 Å². The highest BCUT2D eigenvalue weighted by Gasteiger charge is 2.37. The van der Waals surface area contributed by atoms with Gasteiger partial charge in [0.15, 0.2) is 11.7 Å². The van der Waals surface area contributed by atoms with Crippen molar-refractivity contribution in [2.24, 2.45) is 5.92 Å². The molecule has 0 unspecified atom stereocenters. The minimum atomic E-state index is -0.609. The Kier molecular flexibility index (Phi) is 6.93. The molecule has 0 radical (unpaired) electrons. The first-order valence-electron chi connectivity index (χ1n) is 10.8. The smallest absolute Gasteiger partial charge is 0.311 e. The first kappa shape index (κ1) is 23.4. The topological polar surface area (TPSA) is 97.8 Å². The van der Waals surface area contributed by atoms with E-state index < -0.39 is 24.4 Å². The van der Waals surface area contributed by atoms with Crippen LogP contribution in [0.3, 0.4) is 0 Å². The third-order valence-electron chi connectivity index (χ3n) is 5.81. The maximum Gasteiger partial charge on any atom is 0.311 e. The fraction of sp³-hybridized carbons (Fsp3) is 0.280. The van der Waals surface area contributed by atoms with Crippen molar-refractivity contribution in [3.8, 4) is 17.0 Å². The zero-order valence-electron chi connectivity index (χ0n) is 19.2. The van der Waals surface area contributed by atoms with Gasteiger partial charge in [-0.3, -0.25) is 19.7 Å². The van der Waals surface area contributed by atoms with E-state index in [-0.39, 0.29) is 18.9 Å². The lowest BCUT2D eigenvalue weighted by molar-refractivity contribution is -0.151. The lowest BCUT2D eigenvalue weighted by Gasteiger charge is -2.20. The minimum Gasteiger partial charge on any atom is -0.497 e. The van der Waals surface area contributed by atoms with Crippen LogP contribution in [0.5, 0.6) is 5.75 Å². The Morgan fingerprint density at radius 1 is 1.18 bits per heavy atom. The first-order chi connectivity index (χ1) is 16.4. The standard InChI is InChI=1S/C25H25N3O5S/c1-15-5-4-6-21(16(15)2)28-12-18(11-23(28)30)24(31)33-13-22(29)27-25-26-20(14-34-25)17-7-9-19(32-3)10-8-17/h4-10,14,18H,11-13H2,1-3H3,(H,26,27,29)/t18-/m1/s1. The van der Waals surface area contributed by atoms with Crippen LogP contribution in [0.1, 0.15) is 17.5 Å². The zero-order valence-corrected chi connectivity index (χ0v) is 20.0. The van der Waals surface area contributed by atoms with E-state index in [2.05, 4.69) is 10.3 Å².